The number of aliphatic hydroxyl groups excluding tert-OH is 3. The third kappa shape index (κ3) is 2.03. The minimum atomic E-state index is -1.12. The first-order valence-electron chi connectivity index (χ1n) is 5.72. The summed E-state index contributed by atoms with van der Waals surface area (Å²) in [6.45, 7) is -0.347. The molecule has 2 aromatic rings. The molecule has 1 fully saturated rings. The molecule has 0 aliphatic carbocycles. The lowest BCUT2D eigenvalue weighted by Crippen LogP contribution is -2.33. The predicted octanol–water partition coefficient (Wildman–Crippen LogP) is -0.353. The molecular weight excluding hydrogens is 365 g/mol. The van der Waals surface area contributed by atoms with E-state index >= 15 is 0 Å². The van der Waals surface area contributed by atoms with E-state index in [1.807, 2.05) is 0 Å². The van der Waals surface area contributed by atoms with Crippen molar-refractivity contribution in [2.45, 2.75) is 24.5 Å². The molecule has 3 rings (SSSR count). The van der Waals surface area contributed by atoms with Gasteiger partial charge in [-0.15, -0.1) is 0 Å². The normalized spacial score (nSPS) is 31.2. The van der Waals surface area contributed by atoms with Gasteiger partial charge in [-0.2, -0.15) is 0 Å². The average Bonchev–Trinajstić information content (AvgIpc) is 2.90. The maximum absolute atomic E-state index is 10.0. The zero-order valence-corrected chi connectivity index (χ0v) is 11.9. The summed E-state index contributed by atoms with van der Waals surface area (Å²) in [5, 5.41) is 29.8. The van der Waals surface area contributed by atoms with Gasteiger partial charge in [0.15, 0.2) is 6.23 Å². The quantitative estimate of drug-likeness (QED) is 0.619. The number of aliphatic hydroxyl groups is 3. The van der Waals surface area contributed by atoms with Crippen molar-refractivity contribution in [3.63, 3.8) is 0 Å². The Bertz CT molecular complexity index is 605. The van der Waals surface area contributed by atoms with Crippen molar-refractivity contribution in [2.75, 3.05) is 6.61 Å². The second kappa shape index (κ2) is 4.94. The number of hydrogen-bond acceptors (Lipinski definition) is 6. The van der Waals surface area contributed by atoms with E-state index in [2.05, 4.69) is 32.6 Å². The first-order chi connectivity index (χ1) is 9.13. The van der Waals surface area contributed by atoms with Crippen molar-refractivity contribution in [3.8, 4) is 0 Å². The summed E-state index contributed by atoms with van der Waals surface area (Å²) in [5.41, 5.74) is 0.620. The molecule has 0 unspecified atom stereocenters. The van der Waals surface area contributed by atoms with Crippen LogP contribution in [0, 0.1) is 3.57 Å². The molecule has 102 valence electrons. The Balaban J connectivity index is 2.06. The number of rotatable bonds is 2. The smallest absolute Gasteiger partial charge is 0.164 e. The fourth-order valence-corrected chi connectivity index (χ4v) is 2.93. The molecule has 0 radical (unpaired) electrons. The van der Waals surface area contributed by atoms with Crippen molar-refractivity contribution in [2.24, 2.45) is 0 Å². The first-order valence-corrected chi connectivity index (χ1v) is 6.80. The van der Waals surface area contributed by atoms with Gasteiger partial charge in [-0.1, -0.05) is 0 Å². The van der Waals surface area contributed by atoms with Crippen LogP contribution in [0.1, 0.15) is 6.23 Å². The highest BCUT2D eigenvalue weighted by atomic mass is 127. The third-order valence-corrected chi connectivity index (χ3v) is 4.10. The zero-order valence-electron chi connectivity index (χ0n) is 9.72. The Labute approximate surface area is 122 Å². The minimum Gasteiger partial charge on any atom is -0.394 e. The summed E-state index contributed by atoms with van der Waals surface area (Å²) >= 11 is 2.14. The summed E-state index contributed by atoms with van der Waals surface area (Å²) in [7, 11) is 0. The van der Waals surface area contributed by atoms with Gasteiger partial charge in [0, 0.05) is 16.0 Å². The topological polar surface area (TPSA) is 101 Å². The van der Waals surface area contributed by atoms with E-state index in [1.54, 1.807) is 17.0 Å². The van der Waals surface area contributed by atoms with Crippen molar-refractivity contribution in [3.05, 3.63) is 22.3 Å². The summed E-state index contributed by atoms with van der Waals surface area (Å²) in [5.74, 6) is 0. The largest absolute Gasteiger partial charge is 0.394 e. The van der Waals surface area contributed by atoms with E-state index < -0.39 is 24.5 Å². The summed E-state index contributed by atoms with van der Waals surface area (Å²) in [6, 6.07) is 0. The Hall–Kier alpha value is -0.810. The molecule has 4 atom stereocenters. The van der Waals surface area contributed by atoms with Gasteiger partial charge < -0.3 is 24.6 Å². The molecule has 1 aliphatic rings. The standard InChI is InChI=1S/C11H12IN3O4/c12-6-2-15(10-5(6)1-13-4-14-10)11-9(18)8(17)7(3-16)19-11/h1-2,4,7-9,11,16-18H,3H2/t7-,8-,9-,11-/m1/s1. The molecule has 0 bridgehead atoms. The monoisotopic (exact) mass is 377 g/mol. The van der Waals surface area contributed by atoms with Crippen LogP contribution < -0.4 is 0 Å². The molecule has 2 aromatic heterocycles. The van der Waals surface area contributed by atoms with E-state index in [9.17, 15) is 10.2 Å². The van der Waals surface area contributed by atoms with E-state index in [1.165, 1.54) is 6.33 Å². The maximum atomic E-state index is 10.0. The Morgan fingerprint density at radius 1 is 1.37 bits per heavy atom. The van der Waals surface area contributed by atoms with Crippen LogP contribution in [0.2, 0.25) is 0 Å². The summed E-state index contributed by atoms with van der Waals surface area (Å²) in [4.78, 5) is 8.13. The van der Waals surface area contributed by atoms with Gasteiger partial charge in [-0.25, -0.2) is 9.97 Å². The number of hydrogen-bond donors (Lipinski definition) is 3. The molecule has 8 heteroatoms. The van der Waals surface area contributed by atoms with Crippen LogP contribution in [-0.4, -0.2) is 54.8 Å². The molecule has 3 heterocycles. The molecule has 7 nitrogen and oxygen atoms in total. The second-order valence-corrected chi connectivity index (χ2v) is 5.54. The maximum Gasteiger partial charge on any atom is 0.164 e. The molecule has 19 heavy (non-hydrogen) atoms. The molecule has 0 spiro atoms. The van der Waals surface area contributed by atoms with Crippen LogP contribution in [0.5, 0.6) is 0 Å². The highest BCUT2D eigenvalue weighted by Gasteiger charge is 2.43. The van der Waals surface area contributed by atoms with E-state index in [4.69, 9.17) is 9.84 Å². The average molecular weight is 377 g/mol. The fraction of sp³-hybridized carbons (Fsp3) is 0.455. The number of aromatic nitrogens is 3. The molecule has 1 saturated heterocycles. The predicted molar refractivity (Wildman–Crippen MR) is 73.3 cm³/mol. The van der Waals surface area contributed by atoms with Gasteiger partial charge in [-0.3, -0.25) is 0 Å². The summed E-state index contributed by atoms with van der Waals surface area (Å²) in [6.07, 6.45) is 1.08. The molecule has 0 saturated carbocycles. The molecular formula is C11H12IN3O4. The number of ether oxygens (including phenoxy) is 1. The second-order valence-electron chi connectivity index (χ2n) is 4.37. The molecule has 1 aliphatic heterocycles. The van der Waals surface area contributed by atoms with Crippen molar-refractivity contribution in [1.82, 2.24) is 14.5 Å². The van der Waals surface area contributed by atoms with Crippen molar-refractivity contribution in [1.29, 1.82) is 0 Å². The highest BCUT2D eigenvalue weighted by molar-refractivity contribution is 14.1. The van der Waals surface area contributed by atoms with Crippen LogP contribution in [0.15, 0.2) is 18.7 Å². The minimum absolute atomic E-state index is 0.347. The van der Waals surface area contributed by atoms with E-state index in [0.29, 0.717) is 5.65 Å². The van der Waals surface area contributed by atoms with E-state index in [-0.39, 0.29) is 6.61 Å². The first kappa shape index (κ1) is 13.2. The Morgan fingerprint density at radius 3 is 2.84 bits per heavy atom. The van der Waals surface area contributed by atoms with Crippen LogP contribution in [-0.2, 0) is 4.74 Å². The third-order valence-electron chi connectivity index (χ3n) is 3.24. The summed E-state index contributed by atoms with van der Waals surface area (Å²) < 4.78 is 8.07. The lowest BCUT2D eigenvalue weighted by molar-refractivity contribution is -0.0509. The SMILES string of the molecule is OC[C@H]1O[C@@H](n2cc(I)c3cncnc32)[C@H](O)[C@@H]1O. The lowest BCUT2D eigenvalue weighted by Gasteiger charge is -2.17. The van der Waals surface area contributed by atoms with Crippen molar-refractivity contribution < 1.29 is 20.1 Å². The van der Waals surface area contributed by atoms with Gasteiger partial charge >= 0.3 is 0 Å². The van der Waals surface area contributed by atoms with Gasteiger partial charge in [0.2, 0.25) is 0 Å². The Kier molecular flexibility index (Phi) is 3.43. The number of fused-ring (bicyclic) bond motifs is 1. The lowest BCUT2D eigenvalue weighted by atomic mass is 10.1. The van der Waals surface area contributed by atoms with Gasteiger partial charge in [-0.05, 0) is 22.6 Å². The van der Waals surface area contributed by atoms with Crippen LogP contribution >= 0.6 is 22.6 Å². The van der Waals surface area contributed by atoms with Crippen LogP contribution in [0.4, 0.5) is 0 Å². The van der Waals surface area contributed by atoms with Gasteiger partial charge in [0.05, 0.1) is 12.0 Å². The number of nitrogens with zero attached hydrogens (tertiary/aromatic N) is 3. The van der Waals surface area contributed by atoms with Gasteiger partial charge in [0.25, 0.3) is 0 Å². The molecule has 0 amide bonds. The van der Waals surface area contributed by atoms with E-state index in [0.717, 1.165) is 8.96 Å². The highest BCUT2D eigenvalue weighted by Crippen LogP contribution is 2.33. The number of halogens is 1. The fourth-order valence-electron chi connectivity index (χ4n) is 2.25. The Morgan fingerprint density at radius 2 is 2.16 bits per heavy atom. The van der Waals surface area contributed by atoms with Crippen LogP contribution in [0.3, 0.4) is 0 Å². The van der Waals surface area contributed by atoms with Crippen LogP contribution in [0.25, 0.3) is 11.0 Å². The zero-order chi connectivity index (χ0) is 13.6. The molecule has 3 N–H and O–H groups in total. The van der Waals surface area contributed by atoms with Crippen molar-refractivity contribution >= 4 is 33.6 Å². The molecule has 0 aromatic carbocycles. The van der Waals surface area contributed by atoms with Gasteiger partial charge in [0.1, 0.15) is 30.3 Å².